The maximum atomic E-state index is 11.5. The van der Waals surface area contributed by atoms with E-state index in [-0.39, 0.29) is 12.3 Å². The van der Waals surface area contributed by atoms with E-state index in [9.17, 15) is 9.90 Å². The van der Waals surface area contributed by atoms with Crippen molar-refractivity contribution >= 4 is 11.8 Å². The summed E-state index contributed by atoms with van der Waals surface area (Å²) < 4.78 is 5.08. The van der Waals surface area contributed by atoms with Crippen LogP contribution < -0.4 is 5.32 Å². The van der Waals surface area contributed by atoms with Gasteiger partial charge in [-0.05, 0) is 37.9 Å². The highest BCUT2D eigenvalue weighted by Crippen LogP contribution is 2.23. The van der Waals surface area contributed by atoms with Crippen molar-refractivity contribution in [3.8, 4) is 5.75 Å². The van der Waals surface area contributed by atoms with Gasteiger partial charge in [-0.1, -0.05) is 11.2 Å². The van der Waals surface area contributed by atoms with E-state index in [1.807, 2.05) is 0 Å². The minimum atomic E-state index is -0.602. The molecule has 0 saturated heterocycles. The lowest BCUT2D eigenvalue weighted by molar-refractivity contribution is 0.0636. The van der Waals surface area contributed by atoms with E-state index in [4.69, 9.17) is 10.3 Å². The van der Waals surface area contributed by atoms with Crippen molar-refractivity contribution in [1.29, 1.82) is 0 Å². The van der Waals surface area contributed by atoms with Crippen molar-refractivity contribution in [1.82, 2.24) is 0 Å². The van der Waals surface area contributed by atoms with Crippen LogP contribution in [0.15, 0.2) is 23.3 Å². The lowest BCUT2D eigenvalue weighted by Crippen LogP contribution is -2.27. The number of hydrogen-bond donors (Lipinski definition) is 2. The van der Waals surface area contributed by atoms with Gasteiger partial charge in [-0.15, -0.1) is 0 Å². The third kappa shape index (κ3) is 5.18. The molecule has 1 rings (SSSR count). The highest BCUT2D eigenvalue weighted by atomic mass is 16.6. The Hall–Kier alpha value is -2.40. The number of azide groups is 1. The number of phenols is 1. The van der Waals surface area contributed by atoms with Gasteiger partial charge in [0.25, 0.3) is 0 Å². The molecule has 19 heavy (non-hydrogen) atoms. The molecule has 0 aromatic heterocycles. The molecule has 0 bridgehead atoms. The molecule has 7 heteroatoms. The van der Waals surface area contributed by atoms with Gasteiger partial charge in [0.1, 0.15) is 11.4 Å². The number of nitrogens with one attached hydrogen (secondary N) is 1. The highest BCUT2D eigenvalue weighted by Gasteiger charge is 2.16. The Bertz CT molecular complexity index is 516. The zero-order chi connectivity index (χ0) is 14.5. The number of benzene rings is 1. The van der Waals surface area contributed by atoms with Gasteiger partial charge in [-0.2, -0.15) is 0 Å². The van der Waals surface area contributed by atoms with E-state index >= 15 is 0 Å². The minimum Gasteiger partial charge on any atom is -0.508 e. The van der Waals surface area contributed by atoms with Crippen LogP contribution in [0.5, 0.6) is 5.75 Å². The topological polar surface area (TPSA) is 107 Å². The summed E-state index contributed by atoms with van der Waals surface area (Å²) >= 11 is 0. The summed E-state index contributed by atoms with van der Waals surface area (Å²) in [4.78, 5) is 14.1. The third-order valence-electron chi connectivity index (χ3n) is 2.03. The molecule has 1 aromatic carbocycles. The smallest absolute Gasteiger partial charge is 0.412 e. The Kier molecular flexibility index (Phi) is 4.61. The van der Waals surface area contributed by atoms with Crippen molar-refractivity contribution in [2.45, 2.75) is 32.9 Å². The Balaban J connectivity index is 2.73. The molecule has 102 valence electrons. The average Bonchev–Trinajstić information content (AvgIpc) is 2.25. The molecule has 0 saturated carbocycles. The third-order valence-corrected chi connectivity index (χ3v) is 2.03. The van der Waals surface area contributed by atoms with Crippen LogP contribution in [0.2, 0.25) is 0 Å². The first-order chi connectivity index (χ1) is 8.81. The SMILES string of the molecule is CC(C)(C)OC(=O)Nc1ccc(CN=[N+]=[N-])c(O)c1. The van der Waals surface area contributed by atoms with E-state index in [0.717, 1.165) is 0 Å². The summed E-state index contributed by atoms with van der Waals surface area (Å²) in [6, 6.07) is 4.52. The Morgan fingerprint density at radius 2 is 2.21 bits per heavy atom. The molecule has 0 heterocycles. The molecule has 1 amide bonds. The van der Waals surface area contributed by atoms with Crippen LogP contribution in [0.1, 0.15) is 26.3 Å². The number of nitrogens with zero attached hydrogens (tertiary/aromatic N) is 3. The summed E-state index contributed by atoms with van der Waals surface area (Å²) in [5.74, 6) is -0.0547. The second kappa shape index (κ2) is 5.97. The molecule has 0 atom stereocenters. The Morgan fingerprint density at radius 3 is 2.74 bits per heavy atom. The monoisotopic (exact) mass is 264 g/mol. The first kappa shape index (κ1) is 14.7. The predicted molar refractivity (Wildman–Crippen MR) is 70.8 cm³/mol. The van der Waals surface area contributed by atoms with Crippen LogP contribution >= 0.6 is 0 Å². The zero-order valence-corrected chi connectivity index (χ0v) is 11.0. The largest absolute Gasteiger partial charge is 0.508 e. The van der Waals surface area contributed by atoms with Crippen molar-refractivity contribution in [2.24, 2.45) is 5.11 Å². The average molecular weight is 264 g/mol. The van der Waals surface area contributed by atoms with Gasteiger partial charge in [0, 0.05) is 16.7 Å². The lowest BCUT2D eigenvalue weighted by Gasteiger charge is -2.19. The fraction of sp³-hybridized carbons (Fsp3) is 0.417. The van der Waals surface area contributed by atoms with E-state index in [1.54, 1.807) is 32.9 Å². The Morgan fingerprint density at radius 1 is 1.53 bits per heavy atom. The van der Waals surface area contributed by atoms with E-state index in [1.165, 1.54) is 6.07 Å². The second-order valence-corrected chi connectivity index (χ2v) is 4.86. The van der Waals surface area contributed by atoms with Gasteiger partial charge < -0.3 is 9.84 Å². The minimum absolute atomic E-state index is 0.0506. The molecule has 7 nitrogen and oxygen atoms in total. The van der Waals surface area contributed by atoms with Crippen LogP contribution in [0.3, 0.4) is 0 Å². The fourth-order valence-corrected chi connectivity index (χ4v) is 1.30. The molecule has 0 aliphatic rings. The first-order valence-corrected chi connectivity index (χ1v) is 5.64. The first-order valence-electron chi connectivity index (χ1n) is 5.64. The predicted octanol–water partition coefficient (Wildman–Crippen LogP) is 3.55. The lowest BCUT2D eigenvalue weighted by atomic mass is 10.2. The maximum Gasteiger partial charge on any atom is 0.412 e. The number of hydrogen-bond acceptors (Lipinski definition) is 4. The van der Waals surface area contributed by atoms with Gasteiger partial charge in [-0.25, -0.2) is 4.79 Å². The van der Waals surface area contributed by atoms with E-state index < -0.39 is 11.7 Å². The summed E-state index contributed by atoms with van der Waals surface area (Å²) in [7, 11) is 0. The van der Waals surface area contributed by atoms with E-state index in [2.05, 4.69) is 15.3 Å². The number of rotatable bonds is 3. The Labute approximate surface area is 110 Å². The zero-order valence-electron chi connectivity index (χ0n) is 11.0. The number of phenolic OH excluding ortho intramolecular Hbond substituents is 1. The molecule has 1 aromatic rings. The second-order valence-electron chi connectivity index (χ2n) is 4.86. The van der Waals surface area contributed by atoms with Crippen molar-refractivity contribution in [3.63, 3.8) is 0 Å². The number of aromatic hydroxyl groups is 1. The number of carbonyl (C=O) groups excluding carboxylic acids is 1. The number of amides is 1. The number of carbonyl (C=O) groups is 1. The van der Waals surface area contributed by atoms with Gasteiger partial charge in [0.15, 0.2) is 0 Å². The highest BCUT2D eigenvalue weighted by molar-refractivity contribution is 5.85. The molecule has 0 unspecified atom stereocenters. The normalized spacial score (nSPS) is 10.5. The number of anilines is 1. The summed E-state index contributed by atoms with van der Waals surface area (Å²) in [5.41, 5.74) is 8.49. The fourth-order valence-electron chi connectivity index (χ4n) is 1.30. The molecule has 0 fully saturated rings. The number of ether oxygens (including phenoxy) is 1. The quantitative estimate of drug-likeness (QED) is 0.495. The molecule has 0 aliphatic heterocycles. The van der Waals surface area contributed by atoms with E-state index in [0.29, 0.717) is 11.3 Å². The van der Waals surface area contributed by atoms with Crippen LogP contribution in [0.4, 0.5) is 10.5 Å². The van der Waals surface area contributed by atoms with Crippen LogP contribution in [0.25, 0.3) is 10.4 Å². The standard InChI is InChI=1S/C12H16N4O3/c1-12(2,3)19-11(18)15-9-5-4-8(7-14-16-13)10(17)6-9/h4-6,17H,7H2,1-3H3,(H,15,18). The summed E-state index contributed by atoms with van der Waals surface area (Å²) in [6.45, 7) is 5.32. The molecule has 0 radical (unpaired) electrons. The van der Waals surface area contributed by atoms with Crippen molar-refractivity contribution in [2.75, 3.05) is 5.32 Å². The molecular formula is C12H16N4O3. The van der Waals surface area contributed by atoms with Gasteiger partial charge in [0.05, 0.1) is 6.54 Å². The van der Waals surface area contributed by atoms with Crippen LogP contribution in [0, 0.1) is 0 Å². The molecule has 0 aliphatic carbocycles. The molecule has 0 spiro atoms. The summed E-state index contributed by atoms with van der Waals surface area (Å²) in [6.07, 6.45) is -0.602. The molecule has 2 N–H and O–H groups in total. The van der Waals surface area contributed by atoms with Crippen LogP contribution in [-0.4, -0.2) is 16.8 Å². The maximum absolute atomic E-state index is 11.5. The van der Waals surface area contributed by atoms with Crippen molar-refractivity contribution in [3.05, 3.63) is 34.2 Å². The van der Waals surface area contributed by atoms with Gasteiger partial charge in [-0.3, -0.25) is 5.32 Å². The molecular weight excluding hydrogens is 248 g/mol. The van der Waals surface area contributed by atoms with Gasteiger partial charge in [0.2, 0.25) is 0 Å². The summed E-state index contributed by atoms with van der Waals surface area (Å²) in [5, 5.41) is 15.5. The van der Waals surface area contributed by atoms with Gasteiger partial charge >= 0.3 is 6.09 Å². The van der Waals surface area contributed by atoms with Crippen LogP contribution in [-0.2, 0) is 11.3 Å². The van der Waals surface area contributed by atoms with Crippen molar-refractivity contribution < 1.29 is 14.6 Å².